The van der Waals surface area contributed by atoms with Crippen molar-refractivity contribution >= 4 is 11.6 Å². The van der Waals surface area contributed by atoms with Gasteiger partial charge in [0.25, 0.3) is 0 Å². The highest BCUT2D eigenvalue weighted by molar-refractivity contribution is 5.53. The molecule has 0 radical (unpaired) electrons. The summed E-state index contributed by atoms with van der Waals surface area (Å²) < 4.78 is 0. The van der Waals surface area contributed by atoms with Crippen LogP contribution >= 0.6 is 0 Å². The van der Waals surface area contributed by atoms with Crippen LogP contribution in [-0.4, -0.2) is 17.0 Å². The molecule has 0 amide bonds. The molecule has 1 aromatic rings. The lowest BCUT2D eigenvalue weighted by Gasteiger charge is -2.03. The van der Waals surface area contributed by atoms with E-state index in [1.807, 2.05) is 0 Å². The minimum Gasteiger partial charge on any atom is -0.304 e. The summed E-state index contributed by atoms with van der Waals surface area (Å²) in [5.41, 5.74) is 13.5. The zero-order chi connectivity index (χ0) is 8.81. The predicted molar refractivity (Wildman–Crippen MR) is 43.5 cm³/mol. The van der Waals surface area contributed by atoms with E-state index in [0.717, 1.165) is 0 Å². The Morgan fingerprint density at radius 3 is 2.92 bits per heavy atom. The molecule has 0 saturated carbocycles. The van der Waals surface area contributed by atoms with Gasteiger partial charge in [-0.3, -0.25) is 0 Å². The fraction of sp³-hybridized carbons (Fsp3) is 0.200. The summed E-state index contributed by atoms with van der Waals surface area (Å²) in [4.78, 5) is 10.3. The molecule has 1 aromatic heterocycles. The number of hydrogen-bond acceptors (Lipinski definition) is 5. The van der Waals surface area contributed by atoms with E-state index in [9.17, 15) is 0 Å². The number of nitrogens with zero attached hydrogens (tertiary/aromatic N) is 5. The molecule has 0 bridgehead atoms. The molecule has 7 heteroatoms. The summed E-state index contributed by atoms with van der Waals surface area (Å²) in [7, 11) is 1.68. The summed E-state index contributed by atoms with van der Waals surface area (Å²) in [5.74, 6) is 0.618. The first-order valence-electron chi connectivity index (χ1n) is 3.17. The van der Waals surface area contributed by atoms with E-state index in [1.54, 1.807) is 7.05 Å². The lowest BCUT2D eigenvalue weighted by molar-refractivity contribution is 0.956. The van der Waals surface area contributed by atoms with E-state index >= 15 is 0 Å². The monoisotopic (exact) mass is 165 g/mol. The Labute approximate surface area is 68.4 Å². The topological polar surface area (TPSA) is 98.6 Å². The quantitative estimate of drug-likeness (QED) is 0.301. The maximum atomic E-state index is 8.15. The molecular formula is C5H7N7. The van der Waals surface area contributed by atoms with Crippen LogP contribution in [0.2, 0.25) is 0 Å². The van der Waals surface area contributed by atoms with Crippen LogP contribution in [0.5, 0.6) is 0 Å². The summed E-state index contributed by atoms with van der Waals surface area (Å²) in [6.07, 6.45) is 2.95. The van der Waals surface area contributed by atoms with Gasteiger partial charge in [-0.15, -0.1) is 0 Å². The molecule has 0 unspecified atom stereocenters. The second kappa shape index (κ2) is 4.12. The van der Waals surface area contributed by atoms with Gasteiger partial charge in [0.2, 0.25) is 0 Å². The van der Waals surface area contributed by atoms with Crippen molar-refractivity contribution in [3.63, 3.8) is 0 Å². The molecule has 12 heavy (non-hydrogen) atoms. The number of azide groups is 1. The van der Waals surface area contributed by atoms with E-state index in [-0.39, 0.29) is 5.82 Å². The molecule has 0 fully saturated rings. The molecule has 2 N–H and O–H groups in total. The summed E-state index contributed by atoms with van der Waals surface area (Å²) in [6.45, 7) is 0. The summed E-state index contributed by atoms with van der Waals surface area (Å²) in [5, 5.41) is 3.33. The standard InChI is InChI=1S/C5H7N7/c1-7-10-4-5(11-12-6)9-3-2-8-4/h2-3,7H,1H3,(H,8,10). The average Bonchev–Trinajstić information content (AvgIpc) is 2.09. The second-order valence-corrected chi connectivity index (χ2v) is 1.79. The number of anilines is 1. The molecule has 62 valence electrons. The third-order valence-electron chi connectivity index (χ3n) is 1.06. The molecule has 0 aliphatic heterocycles. The van der Waals surface area contributed by atoms with Crippen LogP contribution in [-0.2, 0) is 0 Å². The van der Waals surface area contributed by atoms with Crippen LogP contribution in [0.1, 0.15) is 0 Å². The highest BCUT2D eigenvalue weighted by Gasteiger charge is 1.99. The van der Waals surface area contributed by atoms with Gasteiger partial charge in [-0.05, 0) is 10.6 Å². The molecule has 0 atom stereocenters. The Morgan fingerprint density at radius 2 is 2.25 bits per heavy atom. The van der Waals surface area contributed by atoms with Crippen LogP contribution < -0.4 is 10.9 Å². The fourth-order valence-electron chi connectivity index (χ4n) is 0.653. The Balaban J connectivity index is 2.99. The molecule has 0 aliphatic carbocycles. The maximum Gasteiger partial charge on any atom is 0.170 e. The lowest BCUT2D eigenvalue weighted by Crippen LogP contribution is -2.16. The molecular weight excluding hydrogens is 158 g/mol. The Kier molecular flexibility index (Phi) is 2.83. The molecule has 0 spiro atoms. The Hall–Kier alpha value is -1.85. The largest absolute Gasteiger partial charge is 0.304 e. The highest BCUT2D eigenvalue weighted by atomic mass is 15.4. The predicted octanol–water partition coefficient (Wildman–Crippen LogP) is 0.965. The summed E-state index contributed by atoms with van der Waals surface area (Å²) >= 11 is 0. The van der Waals surface area contributed by atoms with Crippen molar-refractivity contribution < 1.29 is 0 Å². The number of hydrazine groups is 1. The van der Waals surface area contributed by atoms with Crippen molar-refractivity contribution in [2.75, 3.05) is 12.5 Å². The van der Waals surface area contributed by atoms with Gasteiger partial charge >= 0.3 is 0 Å². The van der Waals surface area contributed by atoms with Gasteiger partial charge in [-0.25, -0.2) is 15.4 Å². The van der Waals surface area contributed by atoms with Crippen molar-refractivity contribution in [2.45, 2.75) is 0 Å². The van der Waals surface area contributed by atoms with Gasteiger partial charge in [0.05, 0.1) is 0 Å². The third-order valence-corrected chi connectivity index (χ3v) is 1.06. The molecule has 1 rings (SSSR count). The highest BCUT2D eigenvalue weighted by Crippen LogP contribution is 2.16. The van der Waals surface area contributed by atoms with Gasteiger partial charge in [0, 0.05) is 24.4 Å². The van der Waals surface area contributed by atoms with Crippen LogP contribution in [0, 0.1) is 0 Å². The normalized spacial score (nSPS) is 8.75. The van der Waals surface area contributed by atoms with E-state index in [2.05, 4.69) is 30.8 Å². The van der Waals surface area contributed by atoms with Crippen molar-refractivity contribution in [3.8, 4) is 0 Å². The second-order valence-electron chi connectivity index (χ2n) is 1.79. The first kappa shape index (κ1) is 8.25. The fourth-order valence-corrected chi connectivity index (χ4v) is 0.653. The van der Waals surface area contributed by atoms with E-state index < -0.39 is 0 Å². The minimum atomic E-state index is 0.217. The van der Waals surface area contributed by atoms with Gasteiger partial charge < -0.3 is 5.43 Å². The van der Waals surface area contributed by atoms with Gasteiger partial charge in [0.1, 0.15) is 0 Å². The zero-order valence-electron chi connectivity index (χ0n) is 6.39. The number of aromatic nitrogens is 2. The lowest BCUT2D eigenvalue weighted by atomic mass is 10.6. The number of hydrogen-bond donors (Lipinski definition) is 2. The number of nitrogens with one attached hydrogen (secondary N) is 2. The van der Waals surface area contributed by atoms with Crippen molar-refractivity contribution in [1.82, 2.24) is 15.4 Å². The van der Waals surface area contributed by atoms with Gasteiger partial charge in [-0.1, -0.05) is 0 Å². The third kappa shape index (κ3) is 1.82. The average molecular weight is 165 g/mol. The van der Waals surface area contributed by atoms with Crippen LogP contribution in [0.25, 0.3) is 10.4 Å². The summed E-state index contributed by atoms with van der Waals surface area (Å²) in [6, 6.07) is 0. The van der Waals surface area contributed by atoms with Crippen molar-refractivity contribution in [3.05, 3.63) is 22.8 Å². The first-order valence-corrected chi connectivity index (χ1v) is 3.17. The molecule has 0 aromatic carbocycles. The molecule has 0 aliphatic rings. The van der Waals surface area contributed by atoms with E-state index in [4.69, 9.17) is 5.53 Å². The van der Waals surface area contributed by atoms with Crippen molar-refractivity contribution in [1.29, 1.82) is 0 Å². The van der Waals surface area contributed by atoms with Crippen LogP contribution in [0.3, 0.4) is 0 Å². The molecule has 7 nitrogen and oxygen atoms in total. The SMILES string of the molecule is CNNc1nccnc1N=[N+]=[N-]. The van der Waals surface area contributed by atoms with E-state index in [1.165, 1.54) is 12.4 Å². The smallest absolute Gasteiger partial charge is 0.170 e. The maximum absolute atomic E-state index is 8.15. The molecule has 0 saturated heterocycles. The van der Waals surface area contributed by atoms with Gasteiger partial charge in [-0.2, -0.15) is 0 Å². The molecule has 1 heterocycles. The van der Waals surface area contributed by atoms with Gasteiger partial charge in [0.15, 0.2) is 11.6 Å². The Morgan fingerprint density at radius 1 is 1.50 bits per heavy atom. The zero-order valence-corrected chi connectivity index (χ0v) is 6.39. The van der Waals surface area contributed by atoms with E-state index in [0.29, 0.717) is 5.82 Å². The first-order chi connectivity index (χ1) is 5.88. The van der Waals surface area contributed by atoms with Crippen molar-refractivity contribution in [2.24, 2.45) is 5.11 Å². The number of rotatable bonds is 3. The Bertz CT molecular complexity index is 302. The van der Waals surface area contributed by atoms with Crippen LogP contribution in [0.4, 0.5) is 11.6 Å². The minimum absolute atomic E-state index is 0.217. The van der Waals surface area contributed by atoms with Crippen LogP contribution in [0.15, 0.2) is 17.5 Å².